The van der Waals surface area contributed by atoms with Gasteiger partial charge < -0.3 is 0 Å². The topological polar surface area (TPSA) is 0 Å². The second-order valence-corrected chi connectivity index (χ2v) is 5.84. The van der Waals surface area contributed by atoms with Gasteiger partial charge in [0.2, 0.25) is 0 Å². The molecule has 1 aromatic carbocycles. The van der Waals surface area contributed by atoms with Gasteiger partial charge in [-0.15, -0.1) is 0 Å². The minimum atomic E-state index is 0.593. The molecular formula is C13H19Br. The first-order valence-electron chi connectivity index (χ1n) is 5.30. The largest absolute Gasteiger partial charge is 0.0893 e. The van der Waals surface area contributed by atoms with Crippen molar-refractivity contribution in [2.45, 2.75) is 37.9 Å². The minimum absolute atomic E-state index is 0.593. The van der Waals surface area contributed by atoms with Crippen molar-refractivity contribution in [3.63, 3.8) is 0 Å². The van der Waals surface area contributed by atoms with Crippen molar-refractivity contribution in [3.8, 4) is 0 Å². The predicted molar refractivity (Wildman–Crippen MR) is 67.0 cm³/mol. The standard InChI is InChI=1S/C13H19Br/c1-10(2)13(9-11(3)14)12-7-5-4-6-8-12/h4-8,10-11,13H,9H2,1-3H3. The molecule has 2 unspecified atom stereocenters. The zero-order valence-corrected chi connectivity index (χ0v) is 10.8. The van der Waals surface area contributed by atoms with Crippen LogP contribution in [0.25, 0.3) is 0 Å². The number of hydrogen-bond acceptors (Lipinski definition) is 0. The summed E-state index contributed by atoms with van der Waals surface area (Å²) in [7, 11) is 0. The SMILES string of the molecule is CC(Br)CC(c1ccccc1)C(C)C. The molecular weight excluding hydrogens is 236 g/mol. The molecule has 0 aliphatic rings. The molecule has 1 aromatic rings. The van der Waals surface area contributed by atoms with E-state index >= 15 is 0 Å². The van der Waals surface area contributed by atoms with Crippen LogP contribution in [-0.2, 0) is 0 Å². The molecule has 0 amide bonds. The highest BCUT2D eigenvalue weighted by Crippen LogP contribution is 2.30. The Hall–Kier alpha value is -0.300. The van der Waals surface area contributed by atoms with Crippen molar-refractivity contribution >= 4 is 15.9 Å². The van der Waals surface area contributed by atoms with Gasteiger partial charge in [-0.05, 0) is 23.8 Å². The van der Waals surface area contributed by atoms with Crippen molar-refractivity contribution in [1.82, 2.24) is 0 Å². The molecule has 0 saturated carbocycles. The van der Waals surface area contributed by atoms with Crippen molar-refractivity contribution in [2.24, 2.45) is 5.92 Å². The third-order valence-corrected chi connectivity index (χ3v) is 2.99. The zero-order chi connectivity index (χ0) is 10.6. The average molecular weight is 255 g/mol. The Morgan fingerprint density at radius 3 is 2.07 bits per heavy atom. The lowest BCUT2D eigenvalue weighted by molar-refractivity contribution is 0.470. The molecule has 0 N–H and O–H groups in total. The van der Waals surface area contributed by atoms with Gasteiger partial charge in [0.25, 0.3) is 0 Å². The van der Waals surface area contributed by atoms with Gasteiger partial charge in [0, 0.05) is 4.83 Å². The fourth-order valence-corrected chi connectivity index (χ4v) is 2.25. The fourth-order valence-electron chi connectivity index (χ4n) is 1.84. The number of rotatable bonds is 4. The lowest BCUT2D eigenvalue weighted by Gasteiger charge is -2.22. The Balaban J connectivity index is 2.78. The van der Waals surface area contributed by atoms with E-state index in [1.54, 1.807) is 0 Å². The first kappa shape index (κ1) is 11.8. The molecule has 0 aromatic heterocycles. The van der Waals surface area contributed by atoms with Gasteiger partial charge in [0.05, 0.1) is 0 Å². The summed E-state index contributed by atoms with van der Waals surface area (Å²) in [6.45, 7) is 6.82. The Bertz CT molecular complexity index is 251. The van der Waals surface area contributed by atoms with E-state index < -0.39 is 0 Å². The average Bonchev–Trinajstić information content (AvgIpc) is 2.15. The molecule has 1 heteroatoms. The number of halogens is 1. The summed E-state index contributed by atoms with van der Waals surface area (Å²) in [5.74, 6) is 1.38. The molecule has 0 spiro atoms. The highest BCUT2D eigenvalue weighted by Gasteiger charge is 2.17. The summed E-state index contributed by atoms with van der Waals surface area (Å²) < 4.78 is 0. The van der Waals surface area contributed by atoms with E-state index in [2.05, 4.69) is 67.0 Å². The van der Waals surface area contributed by atoms with Crippen LogP contribution < -0.4 is 0 Å². The Morgan fingerprint density at radius 1 is 1.07 bits per heavy atom. The second kappa shape index (κ2) is 5.55. The molecule has 14 heavy (non-hydrogen) atoms. The highest BCUT2D eigenvalue weighted by atomic mass is 79.9. The highest BCUT2D eigenvalue weighted by molar-refractivity contribution is 9.09. The maximum absolute atomic E-state index is 3.64. The summed E-state index contributed by atoms with van der Waals surface area (Å²) in [5, 5.41) is 0. The van der Waals surface area contributed by atoms with Crippen LogP contribution in [0.1, 0.15) is 38.7 Å². The monoisotopic (exact) mass is 254 g/mol. The predicted octanol–water partition coefficient (Wildman–Crippen LogP) is 4.60. The maximum atomic E-state index is 3.64. The Kier molecular flexibility index (Phi) is 4.67. The van der Waals surface area contributed by atoms with E-state index in [1.807, 2.05) is 0 Å². The van der Waals surface area contributed by atoms with Gasteiger partial charge in [0.15, 0.2) is 0 Å². The molecule has 0 fully saturated rings. The smallest absolute Gasteiger partial charge is 0.0123 e. The van der Waals surface area contributed by atoms with Crippen LogP contribution in [-0.4, -0.2) is 4.83 Å². The van der Waals surface area contributed by atoms with E-state index in [0.717, 1.165) is 0 Å². The summed E-state index contributed by atoms with van der Waals surface area (Å²) in [6.07, 6.45) is 1.21. The first-order valence-corrected chi connectivity index (χ1v) is 6.22. The van der Waals surface area contributed by atoms with E-state index in [9.17, 15) is 0 Å². The van der Waals surface area contributed by atoms with Crippen LogP contribution in [0, 0.1) is 5.92 Å². The van der Waals surface area contributed by atoms with Gasteiger partial charge in [-0.25, -0.2) is 0 Å². The zero-order valence-electron chi connectivity index (χ0n) is 9.20. The van der Waals surface area contributed by atoms with Crippen LogP contribution >= 0.6 is 15.9 Å². The van der Waals surface area contributed by atoms with Crippen molar-refractivity contribution < 1.29 is 0 Å². The molecule has 0 nitrogen and oxygen atoms in total. The molecule has 0 saturated heterocycles. The Labute approximate surface area is 95.9 Å². The van der Waals surface area contributed by atoms with Crippen LogP contribution in [0.4, 0.5) is 0 Å². The van der Waals surface area contributed by atoms with Gasteiger partial charge in [-0.2, -0.15) is 0 Å². The fraction of sp³-hybridized carbons (Fsp3) is 0.538. The third kappa shape index (κ3) is 3.45. The van der Waals surface area contributed by atoms with Gasteiger partial charge in [-0.1, -0.05) is 67.0 Å². The van der Waals surface area contributed by atoms with Crippen LogP contribution in [0.15, 0.2) is 30.3 Å². The van der Waals surface area contributed by atoms with Crippen LogP contribution in [0.5, 0.6) is 0 Å². The quantitative estimate of drug-likeness (QED) is 0.690. The summed E-state index contributed by atoms with van der Waals surface area (Å²) in [6, 6.07) is 10.8. The van der Waals surface area contributed by atoms with Gasteiger partial charge >= 0.3 is 0 Å². The van der Waals surface area contributed by atoms with E-state index in [1.165, 1.54) is 12.0 Å². The molecule has 0 aliphatic carbocycles. The van der Waals surface area contributed by atoms with Gasteiger partial charge in [0.1, 0.15) is 0 Å². The summed E-state index contributed by atoms with van der Waals surface area (Å²) >= 11 is 3.64. The van der Waals surface area contributed by atoms with E-state index in [4.69, 9.17) is 0 Å². The summed E-state index contributed by atoms with van der Waals surface area (Å²) in [5.41, 5.74) is 1.47. The molecule has 0 aliphatic heterocycles. The third-order valence-electron chi connectivity index (χ3n) is 2.61. The van der Waals surface area contributed by atoms with Crippen molar-refractivity contribution in [2.75, 3.05) is 0 Å². The van der Waals surface area contributed by atoms with Crippen LogP contribution in [0.2, 0.25) is 0 Å². The second-order valence-electron chi connectivity index (χ2n) is 4.28. The lowest BCUT2D eigenvalue weighted by Crippen LogP contribution is -2.10. The van der Waals surface area contributed by atoms with E-state index in [-0.39, 0.29) is 0 Å². The molecule has 2 atom stereocenters. The normalized spacial score (nSPS) is 15.5. The van der Waals surface area contributed by atoms with Crippen LogP contribution in [0.3, 0.4) is 0 Å². The molecule has 1 rings (SSSR count). The Morgan fingerprint density at radius 2 is 1.64 bits per heavy atom. The molecule has 0 bridgehead atoms. The minimum Gasteiger partial charge on any atom is -0.0893 e. The molecule has 0 heterocycles. The van der Waals surface area contributed by atoms with Crippen molar-refractivity contribution in [3.05, 3.63) is 35.9 Å². The van der Waals surface area contributed by atoms with Gasteiger partial charge in [-0.3, -0.25) is 0 Å². The maximum Gasteiger partial charge on any atom is 0.0123 e. The lowest BCUT2D eigenvalue weighted by atomic mass is 9.85. The summed E-state index contributed by atoms with van der Waals surface area (Å²) in [4.78, 5) is 0.593. The molecule has 0 radical (unpaired) electrons. The van der Waals surface area contributed by atoms with E-state index in [0.29, 0.717) is 16.7 Å². The first-order chi connectivity index (χ1) is 6.61. The van der Waals surface area contributed by atoms with Crippen molar-refractivity contribution in [1.29, 1.82) is 0 Å². The number of alkyl halides is 1. The molecule has 78 valence electrons. The number of benzene rings is 1. The number of hydrogen-bond donors (Lipinski definition) is 0.